The third kappa shape index (κ3) is 1.80. The second kappa shape index (κ2) is 4.09. The van der Waals surface area contributed by atoms with Crippen molar-refractivity contribution in [3.63, 3.8) is 0 Å². The zero-order valence-corrected chi connectivity index (χ0v) is 8.98. The van der Waals surface area contributed by atoms with Crippen molar-refractivity contribution < 1.29 is 0 Å². The van der Waals surface area contributed by atoms with Crippen molar-refractivity contribution in [3.8, 4) is 10.4 Å². The molecule has 0 radical (unpaired) electrons. The van der Waals surface area contributed by atoms with E-state index in [9.17, 15) is 0 Å². The highest BCUT2D eigenvalue weighted by Gasteiger charge is 2.05. The minimum absolute atomic E-state index is 0.572. The van der Waals surface area contributed by atoms with Crippen molar-refractivity contribution in [1.29, 1.82) is 0 Å². The molecule has 0 spiro atoms. The molecule has 0 atom stereocenters. The van der Waals surface area contributed by atoms with Gasteiger partial charge in [-0.15, -0.1) is 11.3 Å². The molecule has 0 saturated carbocycles. The van der Waals surface area contributed by atoms with Crippen molar-refractivity contribution in [3.05, 3.63) is 40.5 Å². The summed E-state index contributed by atoms with van der Waals surface area (Å²) in [5, 5.41) is 0.727. The molecule has 0 saturated heterocycles. The Hall–Kier alpha value is -0.900. The van der Waals surface area contributed by atoms with Gasteiger partial charge in [-0.2, -0.15) is 0 Å². The summed E-state index contributed by atoms with van der Waals surface area (Å²) in [6.07, 6.45) is 3.46. The van der Waals surface area contributed by atoms with E-state index in [-0.39, 0.29) is 0 Å². The maximum absolute atomic E-state index is 6.05. The fraction of sp³-hybridized carbons (Fsp3) is 0.100. The fourth-order valence-electron chi connectivity index (χ4n) is 1.19. The lowest BCUT2D eigenvalue weighted by Crippen LogP contribution is -1.91. The van der Waals surface area contributed by atoms with Gasteiger partial charge in [0.1, 0.15) is 0 Å². The Bertz CT molecular complexity index is 439. The standard InChI is InChI=1S/C10H9ClN2S/c11-9-3-4-13-6-8(9)10-2-1-7(5-12)14-10/h1-4,6H,5,12H2. The third-order valence-corrected chi connectivity index (χ3v) is 3.37. The zero-order chi connectivity index (χ0) is 9.97. The Morgan fingerprint density at radius 3 is 2.86 bits per heavy atom. The number of hydrogen-bond donors (Lipinski definition) is 1. The number of nitrogens with two attached hydrogens (primary N) is 1. The summed E-state index contributed by atoms with van der Waals surface area (Å²) in [5.41, 5.74) is 6.51. The molecule has 0 bridgehead atoms. The predicted molar refractivity (Wildman–Crippen MR) is 60.5 cm³/mol. The van der Waals surface area contributed by atoms with E-state index in [0.717, 1.165) is 20.3 Å². The number of halogens is 1. The van der Waals surface area contributed by atoms with E-state index in [1.807, 2.05) is 12.1 Å². The SMILES string of the molecule is NCc1ccc(-c2cnccc2Cl)s1. The van der Waals surface area contributed by atoms with Crippen LogP contribution >= 0.6 is 22.9 Å². The summed E-state index contributed by atoms with van der Waals surface area (Å²) in [5.74, 6) is 0. The Balaban J connectivity index is 2.44. The minimum atomic E-state index is 0.572. The molecule has 72 valence electrons. The number of aromatic nitrogens is 1. The maximum Gasteiger partial charge on any atom is 0.0523 e. The summed E-state index contributed by atoms with van der Waals surface area (Å²) in [7, 11) is 0. The Morgan fingerprint density at radius 1 is 1.36 bits per heavy atom. The second-order valence-corrected chi connectivity index (χ2v) is 4.40. The van der Waals surface area contributed by atoms with Crippen LogP contribution in [-0.4, -0.2) is 4.98 Å². The first-order chi connectivity index (χ1) is 6.81. The molecule has 2 rings (SSSR count). The average molecular weight is 225 g/mol. The lowest BCUT2D eigenvalue weighted by molar-refractivity contribution is 1.11. The van der Waals surface area contributed by atoms with Gasteiger partial charge in [0.05, 0.1) is 5.02 Å². The Kier molecular flexibility index (Phi) is 2.82. The first-order valence-corrected chi connectivity index (χ1v) is 5.39. The first-order valence-electron chi connectivity index (χ1n) is 4.20. The van der Waals surface area contributed by atoms with Gasteiger partial charge in [-0.05, 0) is 18.2 Å². The fourth-order valence-corrected chi connectivity index (χ4v) is 2.36. The second-order valence-electron chi connectivity index (χ2n) is 2.83. The normalized spacial score (nSPS) is 10.4. The summed E-state index contributed by atoms with van der Waals surface area (Å²) < 4.78 is 0. The van der Waals surface area contributed by atoms with E-state index in [4.69, 9.17) is 17.3 Å². The third-order valence-electron chi connectivity index (χ3n) is 1.90. The van der Waals surface area contributed by atoms with Crippen molar-refractivity contribution in [2.24, 2.45) is 5.73 Å². The number of nitrogens with zero attached hydrogens (tertiary/aromatic N) is 1. The van der Waals surface area contributed by atoms with Crippen LogP contribution in [0.4, 0.5) is 0 Å². The largest absolute Gasteiger partial charge is 0.326 e. The van der Waals surface area contributed by atoms with Gasteiger partial charge in [-0.1, -0.05) is 11.6 Å². The van der Waals surface area contributed by atoms with Crippen molar-refractivity contribution in [2.45, 2.75) is 6.54 Å². The molecule has 14 heavy (non-hydrogen) atoms. The number of rotatable bonds is 2. The molecular weight excluding hydrogens is 216 g/mol. The molecule has 2 N–H and O–H groups in total. The van der Waals surface area contributed by atoms with E-state index in [0.29, 0.717) is 6.54 Å². The van der Waals surface area contributed by atoms with Gasteiger partial charge >= 0.3 is 0 Å². The highest BCUT2D eigenvalue weighted by molar-refractivity contribution is 7.15. The molecule has 4 heteroatoms. The Morgan fingerprint density at radius 2 is 2.21 bits per heavy atom. The van der Waals surface area contributed by atoms with Crippen LogP contribution in [0.25, 0.3) is 10.4 Å². The smallest absolute Gasteiger partial charge is 0.0523 e. The van der Waals surface area contributed by atoms with Crippen LogP contribution < -0.4 is 5.73 Å². The van der Waals surface area contributed by atoms with Crippen LogP contribution in [0.15, 0.2) is 30.6 Å². The monoisotopic (exact) mass is 224 g/mol. The van der Waals surface area contributed by atoms with Gasteiger partial charge in [-0.25, -0.2) is 0 Å². The molecule has 0 amide bonds. The van der Waals surface area contributed by atoms with Crippen LogP contribution in [0.3, 0.4) is 0 Å². The lowest BCUT2D eigenvalue weighted by atomic mass is 10.2. The van der Waals surface area contributed by atoms with Crippen LogP contribution in [0.2, 0.25) is 5.02 Å². The van der Waals surface area contributed by atoms with Crippen molar-refractivity contribution in [1.82, 2.24) is 4.98 Å². The maximum atomic E-state index is 6.05. The van der Waals surface area contributed by atoms with E-state index in [2.05, 4.69) is 4.98 Å². The molecule has 2 nitrogen and oxygen atoms in total. The van der Waals surface area contributed by atoms with Crippen LogP contribution in [0.5, 0.6) is 0 Å². The van der Waals surface area contributed by atoms with Crippen LogP contribution in [-0.2, 0) is 6.54 Å². The number of pyridine rings is 1. The lowest BCUT2D eigenvalue weighted by Gasteiger charge is -1.98. The average Bonchev–Trinajstić information content (AvgIpc) is 2.67. The molecule has 0 aliphatic heterocycles. The van der Waals surface area contributed by atoms with Crippen LogP contribution in [0, 0.1) is 0 Å². The van der Waals surface area contributed by atoms with Gasteiger partial charge < -0.3 is 5.73 Å². The number of thiophene rings is 1. The molecule has 0 aliphatic rings. The topological polar surface area (TPSA) is 38.9 Å². The van der Waals surface area contributed by atoms with Gasteiger partial charge in [0.2, 0.25) is 0 Å². The van der Waals surface area contributed by atoms with Gasteiger partial charge in [0.15, 0.2) is 0 Å². The van der Waals surface area contributed by atoms with Gasteiger partial charge in [-0.3, -0.25) is 4.98 Å². The van der Waals surface area contributed by atoms with Gasteiger partial charge in [0.25, 0.3) is 0 Å². The molecule has 0 fully saturated rings. The number of hydrogen-bond acceptors (Lipinski definition) is 3. The summed E-state index contributed by atoms with van der Waals surface area (Å²) >= 11 is 7.70. The Labute approximate surface area is 91.4 Å². The summed E-state index contributed by atoms with van der Waals surface area (Å²) in [6.45, 7) is 0.572. The van der Waals surface area contributed by atoms with Crippen molar-refractivity contribution in [2.75, 3.05) is 0 Å². The highest BCUT2D eigenvalue weighted by atomic mass is 35.5. The van der Waals surface area contributed by atoms with Crippen molar-refractivity contribution >= 4 is 22.9 Å². The minimum Gasteiger partial charge on any atom is -0.326 e. The summed E-state index contributed by atoms with van der Waals surface area (Å²) in [4.78, 5) is 6.32. The van der Waals surface area contributed by atoms with E-state index in [1.165, 1.54) is 0 Å². The molecule has 2 heterocycles. The van der Waals surface area contributed by atoms with E-state index in [1.54, 1.807) is 29.8 Å². The predicted octanol–water partition coefficient (Wildman–Crippen LogP) is 2.92. The van der Waals surface area contributed by atoms with E-state index < -0.39 is 0 Å². The van der Waals surface area contributed by atoms with Crippen LogP contribution in [0.1, 0.15) is 4.88 Å². The molecule has 2 aromatic heterocycles. The van der Waals surface area contributed by atoms with Gasteiger partial charge in [0, 0.05) is 34.3 Å². The molecule has 2 aromatic rings. The molecular formula is C10H9ClN2S. The summed E-state index contributed by atoms with van der Waals surface area (Å²) in [6, 6.07) is 5.83. The molecule has 0 aromatic carbocycles. The highest BCUT2D eigenvalue weighted by Crippen LogP contribution is 2.32. The zero-order valence-electron chi connectivity index (χ0n) is 7.40. The quantitative estimate of drug-likeness (QED) is 0.852. The molecule has 0 unspecified atom stereocenters. The molecule has 0 aliphatic carbocycles. The first kappa shape index (κ1) is 9.65. The van der Waals surface area contributed by atoms with E-state index >= 15 is 0 Å².